The number of pyridine rings is 1. The van der Waals surface area contributed by atoms with E-state index in [9.17, 15) is 9.90 Å². The quantitative estimate of drug-likeness (QED) is 0.552. The molecule has 0 aliphatic heterocycles. The van der Waals surface area contributed by atoms with E-state index in [1.165, 1.54) is 4.68 Å². The molecule has 2 heterocycles. The summed E-state index contributed by atoms with van der Waals surface area (Å²) in [5.74, 6) is -0.419. The molecule has 28 heavy (non-hydrogen) atoms. The highest BCUT2D eigenvalue weighted by atomic mass is 35.5. The van der Waals surface area contributed by atoms with E-state index in [-0.39, 0.29) is 5.69 Å². The third-order valence-corrected chi connectivity index (χ3v) is 4.56. The number of fused-ring (bicyclic) bond motifs is 1. The highest BCUT2D eigenvalue weighted by molar-refractivity contribution is 6.31. The number of carboxylic acid groups (broad SMARTS) is 1. The first-order valence-corrected chi connectivity index (χ1v) is 8.79. The second-order valence-electron chi connectivity index (χ2n) is 6.13. The fraction of sp³-hybridized carbons (Fsp3) is 0.100. The van der Waals surface area contributed by atoms with Crippen LogP contribution < -0.4 is 4.74 Å². The maximum atomic E-state index is 11.7. The predicted octanol–water partition coefficient (Wildman–Crippen LogP) is 3.90. The van der Waals surface area contributed by atoms with Crippen molar-refractivity contribution >= 4 is 28.5 Å². The van der Waals surface area contributed by atoms with Crippen molar-refractivity contribution in [2.24, 2.45) is 0 Å². The van der Waals surface area contributed by atoms with Crippen molar-refractivity contribution < 1.29 is 14.6 Å². The SMILES string of the molecule is COc1ccc(Cn2nnc(C(=O)O)c2-c2ccc3cc(Cl)ccc3n2)cc1. The molecule has 0 aliphatic rings. The Morgan fingerprint density at radius 3 is 2.64 bits per heavy atom. The topological polar surface area (TPSA) is 90.1 Å². The minimum absolute atomic E-state index is 0.144. The van der Waals surface area contributed by atoms with Gasteiger partial charge in [0.15, 0.2) is 5.69 Å². The summed E-state index contributed by atoms with van der Waals surface area (Å²) >= 11 is 6.02. The average molecular weight is 395 g/mol. The number of halogens is 1. The lowest BCUT2D eigenvalue weighted by molar-refractivity contribution is 0.0691. The zero-order chi connectivity index (χ0) is 19.7. The normalized spacial score (nSPS) is 10.9. The summed E-state index contributed by atoms with van der Waals surface area (Å²) in [4.78, 5) is 16.3. The first-order valence-electron chi connectivity index (χ1n) is 8.41. The Labute approximate surface area is 165 Å². The van der Waals surface area contributed by atoms with E-state index in [2.05, 4.69) is 15.3 Å². The number of hydrogen-bond donors (Lipinski definition) is 1. The summed E-state index contributed by atoms with van der Waals surface area (Å²) in [5, 5.41) is 18.9. The molecule has 0 fully saturated rings. The molecule has 0 radical (unpaired) electrons. The molecular weight excluding hydrogens is 380 g/mol. The van der Waals surface area contributed by atoms with Crippen LogP contribution in [0, 0.1) is 0 Å². The molecule has 7 nitrogen and oxygen atoms in total. The van der Waals surface area contributed by atoms with Crippen LogP contribution in [0.2, 0.25) is 5.02 Å². The molecule has 0 atom stereocenters. The van der Waals surface area contributed by atoms with Crippen molar-refractivity contribution in [2.45, 2.75) is 6.54 Å². The Bertz CT molecular complexity index is 1170. The van der Waals surface area contributed by atoms with Crippen LogP contribution in [0.3, 0.4) is 0 Å². The summed E-state index contributed by atoms with van der Waals surface area (Å²) in [5.41, 5.74) is 2.31. The molecule has 2 aromatic heterocycles. The minimum Gasteiger partial charge on any atom is -0.497 e. The largest absolute Gasteiger partial charge is 0.497 e. The number of carboxylic acids is 1. The average Bonchev–Trinajstić information content (AvgIpc) is 3.12. The van der Waals surface area contributed by atoms with Gasteiger partial charge in [-0.25, -0.2) is 14.5 Å². The van der Waals surface area contributed by atoms with Crippen LogP contribution in [0.1, 0.15) is 16.1 Å². The number of methoxy groups -OCH3 is 1. The summed E-state index contributed by atoms with van der Waals surface area (Å²) in [7, 11) is 1.60. The van der Waals surface area contributed by atoms with Crippen LogP contribution in [0.25, 0.3) is 22.3 Å². The Kier molecular flexibility index (Phi) is 4.67. The number of nitrogens with zero attached hydrogens (tertiary/aromatic N) is 4. The van der Waals surface area contributed by atoms with Crippen LogP contribution in [0.5, 0.6) is 5.75 Å². The van der Waals surface area contributed by atoms with Crippen LogP contribution in [0.15, 0.2) is 54.6 Å². The van der Waals surface area contributed by atoms with Crippen molar-refractivity contribution in [2.75, 3.05) is 7.11 Å². The summed E-state index contributed by atoms with van der Waals surface area (Å²) in [6.45, 7) is 0.347. The Morgan fingerprint density at radius 2 is 1.93 bits per heavy atom. The van der Waals surface area contributed by atoms with Gasteiger partial charge < -0.3 is 9.84 Å². The molecule has 4 rings (SSSR count). The molecule has 0 amide bonds. The van der Waals surface area contributed by atoms with Crippen molar-refractivity contribution in [1.29, 1.82) is 0 Å². The summed E-state index contributed by atoms with van der Waals surface area (Å²) in [6.07, 6.45) is 0. The lowest BCUT2D eigenvalue weighted by atomic mass is 10.1. The number of aromatic nitrogens is 4. The maximum Gasteiger partial charge on any atom is 0.358 e. The number of benzene rings is 2. The number of hydrogen-bond acceptors (Lipinski definition) is 5. The Morgan fingerprint density at radius 1 is 1.14 bits per heavy atom. The lowest BCUT2D eigenvalue weighted by Gasteiger charge is -2.09. The second-order valence-corrected chi connectivity index (χ2v) is 6.57. The van der Waals surface area contributed by atoms with Crippen LogP contribution in [-0.4, -0.2) is 38.2 Å². The molecule has 0 aliphatic carbocycles. The molecule has 0 saturated heterocycles. The van der Waals surface area contributed by atoms with E-state index >= 15 is 0 Å². The number of rotatable bonds is 5. The van der Waals surface area contributed by atoms with Crippen LogP contribution in [0.4, 0.5) is 0 Å². The molecule has 140 valence electrons. The van der Waals surface area contributed by atoms with Gasteiger partial charge in [-0.2, -0.15) is 0 Å². The van der Waals surface area contributed by atoms with E-state index < -0.39 is 5.97 Å². The van der Waals surface area contributed by atoms with Crippen molar-refractivity contribution in [1.82, 2.24) is 20.0 Å². The van der Waals surface area contributed by atoms with Crippen LogP contribution >= 0.6 is 11.6 Å². The van der Waals surface area contributed by atoms with Gasteiger partial charge in [-0.3, -0.25) is 0 Å². The van der Waals surface area contributed by atoms with Gasteiger partial charge in [-0.15, -0.1) is 5.10 Å². The molecule has 4 aromatic rings. The van der Waals surface area contributed by atoms with E-state index in [1.54, 1.807) is 31.4 Å². The maximum absolute atomic E-state index is 11.7. The molecule has 0 saturated carbocycles. The first kappa shape index (κ1) is 17.9. The molecule has 0 spiro atoms. The summed E-state index contributed by atoms with van der Waals surface area (Å²) < 4.78 is 6.70. The highest BCUT2D eigenvalue weighted by Crippen LogP contribution is 2.26. The zero-order valence-corrected chi connectivity index (χ0v) is 15.6. The molecule has 2 aromatic carbocycles. The Hall–Kier alpha value is -3.45. The fourth-order valence-corrected chi connectivity index (χ4v) is 3.13. The zero-order valence-electron chi connectivity index (χ0n) is 14.8. The predicted molar refractivity (Wildman–Crippen MR) is 105 cm³/mol. The highest BCUT2D eigenvalue weighted by Gasteiger charge is 2.22. The van der Waals surface area contributed by atoms with Gasteiger partial charge in [0.25, 0.3) is 0 Å². The lowest BCUT2D eigenvalue weighted by Crippen LogP contribution is -2.07. The number of carbonyl (C=O) groups is 1. The van der Waals surface area contributed by atoms with Crippen molar-refractivity contribution in [3.05, 3.63) is 70.9 Å². The third-order valence-electron chi connectivity index (χ3n) is 4.32. The standard InChI is InChI=1S/C20H15ClN4O3/c1-28-15-6-2-12(3-7-15)11-25-19(18(20(26)27)23-24-25)17-8-4-13-10-14(21)5-9-16(13)22-17/h2-10H,11H2,1H3,(H,26,27). The minimum atomic E-state index is -1.16. The molecule has 0 unspecified atom stereocenters. The molecule has 8 heteroatoms. The monoisotopic (exact) mass is 394 g/mol. The first-order chi connectivity index (χ1) is 13.5. The van der Waals surface area contributed by atoms with E-state index in [4.69, 9.17) is 16.3 Å². The summed E-state index contributed by atoms with van der Waals surface area (Å²) in [6, 6.07) is 16.4. The second kappa shape index (κ2) is 7.28. The molecule has 0 bridgehead atoms. The Balaban J connectivity index is 1.79. The van der Waals surface area contributed by atoms with Crippen molar-refractivity contribution in [3.8, 4) is 17.1 Å². The fourth-order valence-electron chi connectivity index (χ4n) is 2.95. The number of ether oxygens (including phenoxy) is 1. The van der Waals surface area contributed by atoms with E-state index in [1.807, 2.05) is 30.3 Å². The molecule has 1 N–H and O–H groups in total. The van der Waals surface area contributed by atoms with Gasteiger partial charge in [0.1, 0.15) is 11.4 Å². The third kappa shape index (κ3) is 3.39. The van der Waals surface area contributed by atoms with Gasteiger partial charge >= 0.3 is 5.97 Å². The van der Waals surface area contributed by atoms with E-state index in [0.29, 0.717) is 28.5 Å². The molecular formula is C20H15ClN4O3. The van der Waals surface area contributed by atoms with Crippen LogP contribution in [-0.2, 0) is 6.54 Å². The van der Waals surface area contributed by atoms with Gasteiger partial charge in [0, 0.05) is 10.4 Å². The van der Waals surface area contributed by atoms with Gasteiger partial charge in [-0.1, -0.05) is 35.0 Å². The van der Waals surface area contributed by atoms with Gasteiger partial charge in [0.2, 0.25) is 0 Å². The van der Waals surface area contributed by atoms with E-state index in [0.717, 1.165) is 16.7 Å². The van der Waals surface area contributed by atoms with Crippen molar-refractivity contribution in [3.63, 3.8) is 0 Å². The van der Waals surface area contributed by atoms with Gasteiger partial charge in [-0.05, 0) is 42.0 Å². The number of aromatic carboxylic acids is 1. The smallest absolute Gasteiger partial charge is 0.358 e. The van der Waals surface area contributed by atoms with Gasteiger partial charge in [0.05, 0.1) is 24.9 Å².